The average Bonchev–Trinajstić information content (AvgIpc) is 2.37. The molecular weight excluding hydrogens is 226 g/mol. The highest BCUT2D eigenvalue weighted by molar-refractivity contribution is 5.20. The maximum atomic E-state index is 9.77. The average molecular weight is 251 g/mol. The topological polar surface area (TPSA) is 41.5 Å². The monoisotopic (exact) mass is 251 g/mol. The summed E-state index contributed by atoms with van der Waals surface area (Å²) >= 11 is 0. The Labute approximate surface area is 110 Å². The van der Waals surface area contributed by atoms with Gasteiger partial charge in [0, 0.05) is 6.54 Å². The van der Waals surface area contributed by atoms with Crippen LogP contribution in [0.15, 0.2) is 30.3 Å². The number of nitrogens with one attached hydrogen (secondary N) is 1. The minimum atomic E-state index is -0.468. The van der Waals surface area contributed by atoms with Gasteiger partial charge < -0.3 is 15.2 Å². The van der Waals surface area contributed by atoms with E-state index in [0.29, 0.717) is 25.0 Å². The Morgan fingerprint density at radius 3 is 2.39 bits per heavy atom. The van der Waals surface area contributed by atoms with Crippen LogP contribution in [-0.4, -0.2) is 30.9 Å². The fraction of sp³-hybridized carbons (Fsp3) is 0.600. The second-order valence-corrected chi connectivity index (χ2v) is 5.16. The molecule has 0 heterocycles. The molecule has 3 heteroatoms. The number of aliphatic hydroxyl groups excluding tert-OH is 1. The minimum Gasteiger partial charge on any atom is -0.491 e. The van der Waals surface area contributed by atoms with Crippen LogP contribution >= 0.6 is 0 Å². The van der Waals surface area contributed by atoms with Crippen LogP contribution in [-0.2, 0) is 0 Å². The number of hydrogen-bond donors (Lipinski definition) is 2. The number of hydrogen-bond acceptors (Lipinski definition) is 3. The highest BCUT2D eigenvalue weighted by Crippen LogP contribution is 2.09. The first-order chi connectivity index (χ1) is 8.59. The molecule has 0 amide bonds. The fourth-order valence-corrected chi connectivity index (χ4v) is 1.48. The summed E-state index contributed by atoms with van der Waals surface area (Å²) in [6, 6.07) is 9.56. The van der Waals surface area contributed by atoms with Gasteiger partial charge in [-0.2, -0.15) is 0 Å². The molecule has 2 N–H and O–H groups in total. The molecule has 2 unspecified atom stereocenters. The second kappa shape index (κ2) is 8.11. The molecule has 0 aliphatic carbocycles. The summed E-state index contributed by atoms with van der Waals surface area (Å²) in [6.07, 6.45) is -0.468. The molecule has 3 nitrogen and oxygen atoms in total. The molecule has 102 valence electrons. The highest BCUT2D eigenvalue weighted by Gasteiger charge is 2.09. The molecule has 0 aromatic heterocycles. The van der Waals surface area contributed by atoms with Gasteiger partial charge in [-0.15, -0.1) is 0 Å². The Balaban J connectivity index is 2.13. The van der Waals surface area contributed by atoms with Gasteiger partial charge in [0.1, 0.15) is 18.5 Å². The van der Waals surface area contributed by atoms with Crippen molar-refractivity contribution in [1.29, 1.82) is 0 Å². The van der Waals surface area contributed by atoms with Crippen LogP contribution in [0.2, 0.25) is 0 Å². The summed E-state index contributed by atoms with van der Waals surface area (Å²) in [6.45, 7) is 8.46. The number of ether oxygens (including phenoxy) is 1. The predicted octanol–water partition coefficient (Wildman–Crippen LogP) is 2.31. The van der Waals surface area contributed by atoms with Crippen molar-refractivity contribution in [2.45, 2.75) is 26.9 Å². The van der Waals surface area contributed by atoms with E-state index in [0.717, 1.165) is 12.3 Å². The lowest BCUT2D eigenvalue weighted by Crippen LogP contribution is -2.34. The van der Waals surface area contributed by atoms with Gasteiger partial charge in [0.15, 0.2) is 0 Å². The molecule has 1 rings (SSSR count). The molecule has 1 aromatic carbocycles. The highest BCUT2D eigenvalue weighted by atomic mass is 16.5. The zero-order valence-electron chi connectivity index (χ0n) is 11.6. The standard InChI is InChI=1S/C15H25NO2/c1-12(2)13(3)9-16-10-14(17)11-18-15-7-5-4-6-8-15/h4-8,12-14,16-17H,9-11H2,1-3H3. The lowest BCUT2D eigenvalue weighted by atomic mass is 9.98. The van der Waals surface area contributed by atoms with Crippen molar-refractivity contribution in [3.8, 4) is 5.75 Å². The Kier molecular flexibility index (Phi) is 6.76. The van der Waals surface area contributed by atoms with Gasteiger partial charge >= 0.3 is 0 Å². The third kappa shape index (κ3) is 6.03. The Hall–Kier alpha value is -1.06. The Morgan fingerprint density at radius 2 is 1.78 bits per heavy atom. The second-order valence-electron chi connectivity index (χ2n) is 5.16. The largest absolute Gasteiger partial charge is 0.491 e. The maximum absolute atomic E-state index is 9.77. The van der Waals surface area contributed by atoms with E-state index in [4.69, 9.17) is 4.74 Å². The van der Waals surface area contributed by atoms with Gasteiger partial charge in [0.2, 0.25) is 0 Å². The van der Waals surface area contributed by atoms with Crippen LogP contribution in [0.5, 0.6) is 5.75 Å². The van der Waals surface area contributed by atoms with Crippen molar-refractivity contribution >= 4 is 0 Å². The van der Waals surface area contributed by atoms with E-state index in [1.165, 1.54) is 0 Å². The molecule has 0 saturated carbocycles. The Bertz CT molecular complexity index is 314. The van der Waals surface area contributed by atoms with Crippen LogP contribution in [0.1, 0.15) is 20.8 Å². The van der Waals surface area contributed by atoms with E-state index in [-0.39, 0.29) is 0 Å². The number of rotatable bonds is 8. The van der Waals surface area contributed by atoms with Crippen LogP contribution in [0.4, 0.5) is 0 Å². The van der Waals surface area contributed by atoms with Crippen LogP contribution in [0, 0.1) is 11.8 Å². The van der Waals surface area contributed by atoms with Gasteiger partial charge in [-0.25, -0.2) is 0 Å². The molecule has 0 radical (unpaired) electrons. The third-order valence-corrected chi connectivity index (χ3v) is 3.17. The van der Waals surface area contributed by atoms with Crippen molar-refractivity contribution in [1.82, 2.24) is 5.32 Å². The third-order valence-electron chi connectivity index (χ3n) is 3.17. The maximum Gasteiger partial charge on any atom is 0.119 e. The summed E-state index contributed by atoms with van der Waals surface area (Å²) < 4.78 is 5.48. The van der Waals surface area contributed by atoms with Gasteiger partial charge in [0.25, 0.3) is 0 Å². The lowest BCUT2D eigenvalue weighted by molar-refractivity contribution is 0.105. The first kappa shape index (κ1) is 15.0. The van der Waals surface area contributed by atoms with Crippen LogP contribution in [0.3, 0.4) is 0 Å². The number of para-hydroxylation sites is 1. The molecule has 0 spiro atoms. The predicted molar refractivity (Wildman–Crippen MR) is 74.8 cm³/mol. The lowest BCUT2D eigenvalue weighted by Gasteiger charge is -2.18. The molecule has 18 heavy (non-hydrogen) atoms. The normalized spacial score (nSPS) is 14.5. The Morgan fingerprint density at radius 1 is 1.11 bits per heavy atom. The number of aliphatic hydroxyl groups is 1. The zero-order chi connectivity index (χ0) is 13.4. The molecule has 0 saturated heterocycles. The molecule has 1 aromatic rings. The van der Waals surface area contributed by atoms with E-state index in [9.17, 15) is 5.11 Å². The van der Waals surface area contributed by atoms with Gasteiger partial charge in [0.05, 0.1) is 0 Å². The van der Waals surface area contributed by atoms with Gasteiger partial charge in [-0.05, 0) is 30.5 Å². The minimum absolute atomic E-state index is 0.326. The van der Waals surface area contributed by atoms with Crippen molar-refractivity contribution < 1.29 is 9.84 Å². The van der Waals surface area contributed by atoms with Gasteiger partial charge in [-0.3, -0.25) is 0 Å². The molecule has 2 atom stereocenters. The number of benzene rings is 1. The molecule has 0 fully saturated rings. The molecule has 0 bridgehead atoms. The van der Waals surface area contributed by atoms with E-state index in [2.05, 4.69) is 26.1 Å². The van der Waals surface area contributed by atoms with Crippen molar-refractivity contribution in [3.63, 3.8) is 0 Å². The summed E-state index contributed by atoms with van der Waals surface area (Å²) in [5.41, 5.74) is 0. The molecule has 0 aliphatic rings. The SMILES string of the molecule is CC(C)C(C)CNCC(O)COc1ccccc1. The van der Waals surface area contributed by atoms with Crippen molar-refractivity contribution in [3.05, 3.63) is 30.3 Å². The first-order valence-corrected chi connectivity index (χ1v) is 6.66. The van der Waals surface area contributed by atoms with Gasteiger partial charge in [-0.1, -0.05) is 39.0 Å². The van der Waals surface area contributed by atoms with E-state index in [1.807, 2.05) is 30.3 Å². The van der Waals surface area contributed by atoms with Crippen LogP contribution < -0.4 is 10.1 Å². The summed E-state index contributed by atoms with van der Waals surface area (Å²) in [5, 5.41) is 13.0. The quantitative estimate of drug-likeness (QED) is 0.745. The fourth-order valence-electron chi connectivity index (χ4n) is 1.48. The summed E-state index contributed by atoms with van der Waals surface area (Å²) in [4.78, 5) is 0. The van der Waals surface area contributed by atoms with E-state index in [1.54, 1.807) is 0 Å². The van der Waals surface area contributed by atoms with E-state index < -0.39 is 6.10 Å². The molecule has 0 aliphatic heterocycles. The van der Waals surface area contributed by atoms with E-state index >= 15 is 0 Å². The van der Waals surface area contributed by atoms with Crippen molar-refractivity contribution in [2.75, 3.05) is 19.7 Å². The van der Waals surface area contributed by atoms with Crippen LogP contribution in [0.25, 0.3) is 0 Å². The van der Waals surface area contributed by atoms with Crippen molar-refractivity contribution in [2.24, 2.45) is 11.8 Å². The molecular formula is C15H25NO2. The smallest absolute Gasteiger partial charge is 0.119 e. The summed E-state index contributed by atoms with van der Waals surface area (Å²) in [5.74, 6) is 2.08. The zero-order valence-corrected chi connectivity index (χ0v) is 11.6. The first-order valence-electron chi connectivity index (χ1n) is 6.66. The summed E-state index contributed by atoms with van der Waals surface area (Å²) in [7, 11) is 0.